The van der Waals surface area contributed by atoms with Crippen molar-refractivity contribution < 1.29 is 9.18 Å². The van der Waals surface area contributed by atoms with Gasteiger partial charge in [0.1, 0.15) is 11.6 Å². The van der Waals surface area contributed by atoms with Crippen LogP contribution >= 0.6 is 36.2 Å². The fourth-order valence-corrected chi connectivity index (χ4v) is 7.54. The number of nitrogen functional groups attached to an aromatic ring is 1. The van der Waals surface area contributed by atoms with E-state index in [0.29, 0.717) is 6.29 Å². The first-order valence-electron chi connectivity index (χ1n) is 16.4. The average Bonchev–Trinajstić information content (AvgIpc) is 3.29. The monoisotopic (exact) mass is 738 g/mol. The van der Waals surface area contributed by atoms with Gasteiger partial charge >= 0.3 is 0 Å². The third-order valence-corrected chi connectivity index (χ3v) is 10.8. The number of rotatable bonds is 1. The molecule has 0 saturated carbocycles. The summed E-state index contributed by atoms with van der Waals surface area (Å²) in [4.78, 5) is 25.1. The summed E-state index contributed by atoms with van der Waals surface area (Å²) in [6.07, 6.45) is 2.43. The molecule has 6 aromatic carbocycles. The molecule has 2 aliphatic heterocycles. The fraction of sp³-hybridized carbons (Fsp3) is 0.0465. The summed E-state index contributed by atoms with van der Waals surface area (Å²) in [5.74, 6) is 0.584. The highest BCUT2D eigenvalue weighted by Gasteiger charge is 2.23. The number of imidazole rings is 1. The predicted molar refractivity (Wildman–Crippen MR) is 217 cm³/mol. The molecule has 0 saturated heterocycles. The molecule has 2 aliphatic rings. The van der Waals surface area contributed by atoms with Crippen molar-refractivity contribution in [1.29, 1.82) is 0 Å². The highest BCUT2D eigenvalue weighted by Crippen LogP contribution is 2.43. The SMILES string of the molecule is C1=Nc2ccccc2Sc2ccccc21.Cc1nc2n(c1C)-c1ccccc1Sc1ccccc1-2.Nc1ccccc1S.O=Cc1ccccc1F. The van der Waals surface area contributed by atoms with Gasteiger partial charge in [-0.2, -0.15) is 0 Å². The first kappa shape index (κ1) is 36.4. The Kier molecular flexibility index (Phi) is 12.1. The number of aromatic nitrogens is 2. The lowest BCUT2D eigenvalue weighted by Crippen LogP contribution is -1.99. The van der Waals surface area contributed by atoms with Gasteiger partial charge in [-0.1, -0.05) is 108 Å². The number of fused-ring (bicyclic) bond motifs is 7. The van der Waals surface area contributed by atoms with E-state index in [1.807, 2.05) is 60.4 Å². The number of nitrogens with zero attached hydrogens (tertiary/aromatic N) is 3. The van der Waals surface area contributed by atoms with Gasteiger partial charge in [0.2, 0.25) is 0 Å². The molecule has 3 heterocycles. The number of benzene rings is 6. The lowest BCUT2D eigenvalue weighted by atomic mass is 10.2. The molecule has 0 unspecified atom stereocenters. The van der Waals surface area contributed by atoms with Gasteiger partial charge in [-0.3, -0.25) is 14.4 Å². The van der Waals surface area contributed by atoms with Gasteiger partial charge < -0.3 is 5.73 Å². The normalized spacial score (nSPS) is 11.4. The molecule has 9 heteroatoms. The number of carbonyl (C=O) groups is 1. The van der Waals surface area contributed by atoms with Gasteiger partial charge in [0.05, 0.1) is 22.6 Å². The van der Waals surface area contributed by atoms with Crippen LogP contribution in [-0.4, -0.2) is 22.1 Å². The molecule has 1 aromatic heterocycles. The summed E-state index contributed by atoms with van der Waals surface area (Å²) < 4.78 is 14.6. The van der Waals surface area contributed by atoms with Crippen LogP contribution in [0.3, 0.4) is 0 Å². The van der Waals surface area contributed by atoms with Crippen molar-refractivity contribution in [2.24, 2.45) is 4.99 Å². The maximum atomic E-state index is 12.4. The highest BCUT2D eigenvalue weighted by atomic mass is 32.2. The Morgan fingerprint density at radius 3 is 2.00 bits per heavy atom. The van der Waals surface area contributed by atoms with Crippen molar-refractivity contribution in [1.82, 2.24) is 9.55 Å². The molecule has 0 bridgehead atoms. The molecule has 7 aromatic rings. The summed E-state index contributed by atoms with van der Waals surface area (Å²) >= 11 is 7.67. The van der Waals surface area contributed by atoms with E-state index in [1.165, 1.54) is 54.2 Å². The molecule has 9 rings (SSSR count). The van der Waals surface area contributed by atoms with E-state index >= 15 is 0 Å². The van der Waals surface area contributed by atoms with Crippen LogP contribution in [0.5, 0.6) is 0 Å². The number of halogens is 1. The van der Waals surface area contributed by atoms with Gasteiger partial charge in [-0.25, -0.2) is 9.37 Å². The third kappa shape index (κ3) is 8.57. The summed E-state index contributed by atoms with van der Waals surface area (Å²) in [6, 6.07) is 46.9. The number of thiol groups is 1. The van der Waals surface area contributed by atoms with Crippen LogP contribution in [0.2, 0.25) is 0 Å². The Bertz CT molecular complexity index is 2300. The largest absolute Gasteiger partial charge is 0.398 e. The summed E-state index contributed by atoms with van der Waals surface area (Å²) in [5.41, 5.74) is 13.3. The van der Waals surface area contributed by atoms with Gasteiger partial charge in [-0.15, -0.1) is 12.6 Å². The third-order valence-electron chi connectivity index (χ3n) is 8.11. The minimum atomic E-state index is -0.465. The molecule has 52 heavy (non-hydrogen) atoms. The van der Waals surface area contributed by atoms with Gasteiger partial charge in [0, 0.05) is 53.2 Å². The topological polar surface area (TPSA) is 73.3 Å². The first-order chi connectivity index (χ1) is 25.3. The lowest BCUT2D eigenvalue weighted by Gasteiger charge is -2.10. The van der Waals surface area contributed by atoms with Gasteiger partial charge in [0.25, 0.3) is 0 Å². The molecule has 0 spiro atoms. The second-order valence-electron chi connectivity index (χ2n) is 11.6. The molecule has 2 N–H and O–H groups in total. The second-order valence-corrected chi connectivity index (χ2v) is 14.2. The van der Waals surface area contributed by atoms with Crippen molar-refractivity contribution in [3.8, 4) is 17.1 Å². The van der Waals surface area contributed by atoms with Crippen molar-refractivity contribution in [2.45, 2.75) is 38.3 Å². The number of hydrogen-bond donors (Lipinski definition) is 2. The van der Waals surface area contributed by atoms with E-state index in [2.05, 4.69) is 115 Å². The Morgan fingerprint density at radius 1 is 0.692 bits per heavy atom. The van der Waals surface area contributed by atoms with E-state index in [9.17, 15) is 9.18 Å². The fourth-order valence-electron chi connectivity index (χ4n) is 5.32. The minimum absolute atomic E-state index is 0.109. The smallest absolute Gasteiger partial charge is 0.152 e. The van der Waals surface area contributed by atoms with Crippen LogP contribution in [0, 0.1) is 19.7 Å². The molecule has 0 atom stereocenters. The maximum absolute atomic E-state index is 12.4. The first-order valence-corrected chi connectivity index (χ1v) is 18.5. The standard InChI is InChI=1S/C17H14N2S.C13H9NS.C7H5FO.C6H7NS/c1-11-12(2)19-14-8-4-6-10-16(14)20-15-9-5-3-7-13(15)17(19)18-11;1-3-7-12-10(5-1)9-14-11-6-2-4-8-13(11)15-12;8-7-4-2-1-3-6(7)5-9;7-5-3-1-2-4-6(5)8/h3-10H,1-2H3;1-9H;1-5H;1-4,8H,7H2. The number of nitrogens with two attached hydrogens (primary N) is 1. The van der Waals surface area contributed by atoms with Crippen LogP contribution in [-0.2, 0) is 0 Å². The molecule has 0 fully saturated rings. The Morgan fingerprint density at radius 2 is 1.29 bits per heavy atom. The van der Waals surface area contributed by atoms with Crippen LogP contribution in [0.1, 0.15) is 27.3 Å². The van der Waals surface area contributed by atoms with E-state index in [4.69, 9.17) is 10.7 Å². The maximum Gasteiger partial charge on any atom is 0.152 e. The van der Waals surface area contributed by atoms with Crippen molar-refractivity contribution in [3.05, 3.63) is 174 Å². The number of aliphatic imine (C=N–C) groups is 1. The predicted octanol–water partition coefficient (Wildman–Crippen LogP) is 11.7. The van der Waals surface area contributed by atoms with E-state index in [-0.39, 0.29) is 5.56 Å². The quantitative estimate of drug-likeness (QED) is 0.0996. The molecule has 0 radical (unpaired) electrons. The Hall–Kier alpha value is -5.35. The van der Waals surface area contributed by atoms with Crippen molar-refractivity contribution >= 4 is 60.0 Å². The van der Waals surface area contributed by atoms with Crippen LogP contribution in [0.4, 0.5) is 15.8 Å². The molecule has 0 amide bonds. The van der Waals surface area contributed by atoms with E-state index < -0.39 is 5.82 Å². The van der Waals surface area contributed by atoms with Crippen LogP contribution < -0.4 is 5.73 Å². The average molecular weight is 739 g/mol. The van der Waals surface area contributed by atoms with E-state index in [1.54, 1.807) is 23.9 Å². The zero-order chi connectivity index (χ0) is 36.5. The highest BCUT2D eigenvalue weighted by molar-refractivity contribution is 7.99. The number of para-hydroxylation sites is 3. The van der Waals surface area contributed by atoms with Gasteiger partial charge in [0.15, 0.2) is 6.29 Å². The van der Waals surface area contributed by atoms with Crippen LogP contribution in [0.25, 0.3) is 17.1 Å². The van der Waals surface area contributed by atoms with Crippen LogP contribution in [0.15, 0.2) is 175 Å². The number of hydrogen-bond acceptors (Lipinski definition) is 7. The molecular formula is C43H35FN4OS3. The Balaban J connectivity index is 0.000000128. The van der Waals surface area contributed by atoms with Crippen molar-refractivity contribution in [2.75, 3.05) is 5.73 Å². The summed E-state index contributed by atoms with van der Waals surface area (Å²) in [5, 5.41) is 0. The number of carbonyl (C=O) groups excluding carboxylic acids is 1. The number of aldehydes is 1. The zero-order valence-corrected chi connectivity index (χ0v) is 31.0. The zero-order valence-electron chi connectivity index (χ0n) is 28.5. The Labute approximate surface area is 317 Å². The summed E-state index contributed by atoms with van der Waals surface area (Å²) in [6.45, 7) is 4.22. The summed E-state index contributed by atoms with van der Waals surface area (Å²) in [7, 11) is 0. The van der Waals surface area contributed by atoms with Crippen molar-refractivity contribution in [3.63, 3.8) is 0 Å². The number of aryl methyl sites for hydroxylation is 1. The molecule has 5 nitrogen and oxygen atoms in total. The molecular weight excluding hydrogens is 704 g/mol. The molecule has 258 valence electrons. The van der Waals surface area contributed by atoms with Gasteiger partial charge in [-0.05, 0) is 74.5 Å². The lowest BCUT2D eigenvalue weighted by molar-refractivity contribution is 0.112. The number of anilines is 1. The minimum Gasteiger partial charge on any atom is -0.398 e. The molecule has 0 aliphatic carbocycles. The van der Waals surface area contributed by atoms with E-state index in [0.717, 1.165) is 27.8 Å². The second kappa shape index (κ2) is 17.2.